The van der Waals surface area contributed by atoms with Crippen molar-refractivity contribution in [1.82, 2.24) is 0 Å². The highest BCUT2D eigenvalue weighted by atomic mass is 19.4. The number of ether oxygens (including phenoxy) is 4. The largest absolute Gasteiger partial charge is 0.497 e. The Bertz CT molecular complexity index is 623. The minimum atomic E-state index is -4.41. The van der Waals surface area contributed by atoms with Crippen LogP contribution in [0.15, 0.2) is 42.5 Å². The summed E-state index contributed by atoms with van der Waals surface area (Å²) in [6.45, 7) is 0. The molecule has 24 heavy (non-hydrogen) atoms. The van der Waals surface area contributed by atoms with Gasteiger partial charge in [-0.25, -0.2) is 0 Å². The van der Waals surface area contributed by atoms with Crippen molar-refractivity contribution in [3.8, 4) is 23.0 Å². The second kappa shape index (κ2) is 8.90. The van der Waals surface area contributed by atoms with Crippen LogP contribution in [0.25, 0.3) is 0 Å². The van der Waals surface area contributed by atoms with Crippen molar-refractivity contribution < 1.29 is 32.1 Å². The van der Waals surface area contributed by atoms with Crippen molar-refractivity contribution in [3.63, 3.8) is 0 Å². The van der Waals surface area contributed by atoms with Gasteiger partial charge in [-0.3, -0.25) is 0 Å². The Morgan fingerprint density at radius 2 is 1.17 bits per heavy atom. The van der Waals surface area contributed by atoms with Crippen LogP contribution < -0.4 is 18.9 Å². The smallest absolute Gasteiger partial charge is 0.419 e. The molecule has 0 heterocycles. The lowest BCUT2D eigenvalue weighted by atomic mass is 10.2. The highest BCUT2D eigenvalue weighted by molar-refractivity contribution is 5.42. The van der Waals surface area contributed by atoms with Crippen molar-refractivity contribution in [2.24, 2.45) is 0 Å². The third-order valence-corrected chi connectivity index (χ3v) is 2.99. The minimum Gasteiger partial charge on any atom is -0.497 e. The van der Waals surface area contributed by atoms with Gasteiger partial charge in [-0.2, -0.15) is 13.2 Å². The zero-order valence-corrected chi connectivity index (χ0v) is 13.8. The van der Waals surface area contributed by atoms with E-state index in [0.717, 1.165) is 17.6 Å². The maximum absolute atomic E-state index is 12.4. The molecule has 0 amide bonds. The van der Waals surface area contributed by atoms with Crippen LogP contribution in [0.3, 0.4) is 0 Å². The van der Waals surface area contributed by atoms with Gasteiger partial charge < -0.3 is 18.9 Å². The molecule has 2 aromatic carbocycles. The van der Waals surface area contributed by atoms with Crippen molar-refractivity contribution in [3.05, 3.63) is 48.0 Å². The normalized spacial score (nSPS) is 10.3. The Balaban J connectivity index is 0.000000254. The van der Waals surface area contributed by atoms with E-state index in [-0.39, 0.29) is 5.75 Å². The standard InChI is InChI=1S/C9H9F3O2.C8H10O2/c1-13-6-3-4-7(9(10,11)12)8(5-6)14-2;1-9-7-4-3-5-8(6-7)10-2/h3-5H,1-2H3;3-6H,1-2H3. The predicted octanol–water partition coefficient (Wildman–Crippen LogP) is 4.43. The van der Waals surface area contributed by atoms with E-state index in [1.807, 2.05) is 24.3 Å². The molecule has 2 aromatic rings. The molecule has 132 valence electrons. The van der Waals surface area contributed by atoms with Crippen molar-refractivity contribution in [2.45, 2.75) is 6.18 Å². The zero-order chi connectivity index (χ0) is 18.2. The number of halogens is 3. The molecule has 0 unspecified atom stereocenters. The Kier molecular flexibility index (Phi) is 7.23. The van der Waals surface area contributed by atoms with E-state index < -0.39 is 11.7 Å². The van der Waals surface area contributed by atoms with E-state index in [4.69, 9.17) is 14.2 Å². The summed E-state index contributed by atoms with van der Waals surface area (Å²) >= 11 is 0. The molecule has 0 aromatic heterocycles. The van der Waals surface area contributed by atoms with Gasteiger partial charge in [0.15, 0.2) is 0 Å². The Labute approximate surface area is 138 Å². The molecule has 7 heteroatoms. The molecule has 0 bridgehead atoms. The van der Waals surface area contributed by atoms with Crippen LogP contribution >= 0.6 is 0 Å². The summed E-state index contributed by atoms with van der Waals surface area (Å²) in [6, 6.07) is 10.8. The van der Waals surface area contributed by atoms with Crippen LogP contribution in [0.2, 0.25) is 0 Å². The lowest BCUT2D eigenvalue weighted by Gasteiger charge is -2.12. The fourth-order valence-electron chi connectivity index (χ4n) is 1.76. The van der Waals surface area contributed by atoms with Gasteiger partial charge in [-0.1, -0.05) is 6.07 Å². The molecule has 0 aliphatic carbocycles. The maximum atomic E-state index is 12.4. The van der Waals surface area contributed by atoms with Gasteiger partial charge in [-0.15, -0.1) is 0 Å². The minimum absolute atomic E-state index is 0.239. The molecule has 4 nitrogen and oxygen atoms in total. The summed E-state index contributed by atoms with van der Waals surface area (Å²) in [5, 5.41) is 0. The molecule has 0 saturated heterocycles. The van der Waals surface area contributed by atoms with Crippen molar-refractivity contribution in [2.75, 3.05) is 28.4 Å². The first-order chi connectivity index (χ1) is 11.3. The summed E-state index contributed by atoms with van der Waals surface area (Å²) in [4.78, 5) is 0. The summed E-state index contributed by atoms with van der Waals surface area (Å²) < 4.78 is 56.4. The number of alkyl halides is 3. The molecule has 0 spiro atoms. The fourth-order valence-corrected chi connectivity index (χ4v) is 1.76. The first kappa shape index (κ1) is 19.5. The average Bonchev–Trinajstić information content (AvgIpc) is 2.60. The topological polar surface area (TPSA) is 36.9 Å². The van der Waals surface area contributed by atoms with E-state index in [2.05, 4.69) is 4.74 Å². The van der Waals surface area contributed by atoms with Gasteiger partial charge in [0, 0.05) is 12.1 Å². The second-order valence-electron chi connectivity index (χ2n) is 4.45. The van der Waals surface area contributed by atoms with E-state index in [1.54, 1.807) is 14.2 Å². The van der Waals surface area contributed by atoms with Crippen LogP contribution in [0.5, 0.6) is 23.0 Å². The maximum Gasteiger partial charge on any atom is 0.419 e. The first-order valence-electron chi connectivity index (χ1n) is 6.83. The molecule has 2 rings (SSSR count). The summed E-state index contributed by atoms with van der Waals surface area (Å²) in [5.74, 6) is 1.73. The Morgan fingerprint density at radius 3 is 1.58 bits per heavy atom. The van der Waals surface area contributed by atoms with Crippen LogP contribution in [0.1, 0.15) is 5.56 Å². The predicted molar refractivity (Wildman–Crippen MR) is 84.1 cm³/mol. The van der Waals surface area contributed by atoms with Gasteiger partial charge in [-0.05, 0) is 24.3 Å². The number of benzene rings is 2. The highest BCUT2D eigenvalue weighted by Gasteiger charge is 2.34. The number of rotatable bonds is 4. The van der Waals surface area contributed by atoms with Gasteiger partial charge in [0.05, 0.1) is 34.0 Å². The zero-order valence-electron chi connectivity index (χ0n) is 13.8. The lowest BCUT2D eigenvalue weighted by Crippen LogP contribution is -2.07. The molecule has 0 saturated carbocycles. The van der Waals surface area contributed by atoms with Gasteiger partial charge in [0.1, 0.15) is 23.0 Å². The molecule has 0 aliphatic heterocycles. The fraction of sp³-hybridized carbons (Fsp3) is 0.294. The molecule has 0 radical (unpaired) electrons. The lowest BCUT2D eigenvalue weighted by molar-refractivity contribution is -0.138. The van der Waals surface area contributed by atoms with Crippen molar-refractivity contribution in [1.29, 1.82) is 0 Å². The van der Waals surface area contributed by atoms with Crippen LogP contribution in [-0.4, -0.2) is 28.4 Å². The van der Waals surface area contributed by atoms with E-state index in [0.29, 0.717) is 5.75 Å². The molecule has 0 N–H and O–H groups in total. The second-order valence-corrected chi connectivity index (χ2v) is 4.45. The first-order valence-corrected chi connectivity index (χ1v) is 6.83. The Hall–Kier alpha value is -2.57. The SMILES string of the molecule is COc1ccc(C(F)(F)F)c(OC)c1.COc1cccc(OC)c1. The third kappa shape index (κ3) is 5.57. The summed E-state index contributed by atoms with van der Waals surface area (Å²) in [6.07, 6.45) is -4.41. The van der Waals surface area contributed by atoms with Crippen LogP contribution in [0.4, 0.5) is 13.2 Å². The van der Waals surface area contributed by atoms with Gasteiger partial charge >= 0.3 is 6.18 Å². The molecular weight excluding hydrogens is 325 g/mol. The monoisotopic (exact) mass is 344 g/mol. The van der Waals surface area contributed by atoms with Crippen LogP contribution in [-0.2, 0) is 6.18 Å². The third-order valence-electron chi connectivity index (χ3n) is 2.99. The van der Waals surface area contributed by atoms with Gasteiger partial charge in [0.25, 0.3) is 0 Å². The quantitative estimate of drug-likeness (QED) is 0.822. The van der Waals surface area contributed by atoms with E-state index in [1.165, 1.54) is 26.4 Å². The summed E-state index contributed by atoms with van der Waals surface area (Å²) in [7, 11) is 5.83. The van der Waals surface area contributed by atoms with E-state index in [9.17, 15) is 13.2 Å². The van der Waals surface area contributed by atoms with E-state index >= 15 is 0 Å². The van der Waals surface area contributed by atoms with Crippen LogP contribution in [0, 0.1) is 0 Å². The molecular formula is C17H19F3O4. The van der Waals surface area contributed by atoms with Gasteiger partial charge in [0.2, 0.25) is 0 Å². The molecule has 0 atom stereocenters. The Morgan fingerprint density at radius 1 is 0.667 bits per heavy atom. The average molecular weight is 344 g/mol. The highest BCUT2D eigenvalue weighted by Crippen LogP contribution is 2.37. The number of hydrogen-bond donors (Lipinski definition) is 0. The number of hydrogen-bond acceptors (Lipinski definition) is 4. The summed E-state index contributed by atoms with van der Waals surface area (Å²) in [5.41, 5.74) is -0.805. The molecule has 0 fully saturated rings. The van der Waals surface area contributed by atoms with Crippen molar-refractivity contribution >= 4 is 0 Å². The number of methoxy groups -OCH3 is 4. The molecule has 0 aliphatic rings.